The molecular formula is C18H30N4O2. The molecule has 6 heteroatoms. The van der Waals surface area contributed by atoms with Crippen molar-refractivity contribution in [3.63, 3.8) is 0 Å². The Kier molecular flexibility index (Phi) is 6.15. The van der Waals surface area contributed by atoms with Crippen LogP contribution in [0, 0.1) is 0 Å². The van der Waals surface area contributed by atoms with Crippen molar-refractivity contribution in [1.29, 1.82) is 0 Å². The zero-order valence-electron chi connectivity index (χ0n) is 15.5. The first-order valence-corrected chi connectivity index (χ1v) is 8.74. The number of nitrogens with zero attached hydrogens (tertiary/aromatic N) is 3. The van der Waals surface area contributed by atoms with E-state index in [0.29, 0.717) is 6.04 Å². The summed E-state index contributed by atoms with van der Waals surface area (Å²) in [5.74, 6) is 0. The molecule has 0 spiro atoms. The van der Waals surface area contributed by atoms with E-state index in [0.717, 1.165) is 31.4 Å². The number of rotatable bonds is 4. The van der Waals surface area contributed by atoms with Crippen molar-refractivity contribution in [2.45, 2.75) is 77.1 Å². The van der Waals surface area contributed by atoms with Crippen LogP contribution in [-0.2, 0) is 4.74 Å². The number of carbonyl (C=O) groups is 1. The lowest BCUT2D eigenvalue weighted by Gasteiger charge is -2.36. The molecule has 1 aliphatic rings. The third kappa shape index (κ3) is 5.44. The van der Waals surface area contributed by atoms with Gasteiger partial charge in [0.1, 0.15) is 5.60 Å². The second-order valence-corrected chi connectivity index (χ2v) is 7.62. The quantitative estimate of drug-likeness (QED) is 0.915. The Bertz CT molecular complexity index is 522. The van der Waals surface area contributed by atoms with Crippen LogP contribution in [0.15, 0.2) is 18.6 Å². The third-order valence-electron chi connectivity index (χ3n) is 4.44. The highest BCUT2D eigenvalue weighted by atomic mass is 16.6. The van der Waals surface area contributed by atoms with E-state index in [-0.39, 0.29) is 18.2 Å². The molecule has 1 fully saturated rings. The Labute approximate surface area is 145 Å². The molecule has 24 heavy (non-hydrogen) atoms. The van der Waals surface area contributed by atoms with Crippen LogP contribution in [-0.4, -0.2) is 45.7 Å². The number of ether oxygens (including phenoxy) is 1. The standard InChI is InChI=1S/C18H30N4O2/c1-13(16-12-19-10-11-20-16)21-14-6-8-15(9-7-14)22(5)17(23)24-18(2,3)4/h10-15,21H,6-9H2,1-5H3. The smallest absolute Gasteiger partial charge is 0.410 e. The van der Waals surface area contributed by atoms with Crippen LogP contribution in [0.1, 0.15) is 65.1 Å². The van der Waals surface area contributed by atoms with Crippen molar-refractivity contribution in [2.24, 2.45) is 0 Å². The Morgan fingerprint density at radius 2 is 1.96 bits per heavy atom. The van der Waals surface area contributed by atoms with Crippen LogP contribution in [0.3, 0.4) is 0 Å². The van der Waals surface area contributed by atoms with Gasteiger partial charge in [0.25, 0.3) is 0 Å². The van der Waals surface area contributed by atoms with Gasteiger partial charge in [0, 0.05) is 43.8 Å². The molecule has 0 radical (unpaired) electrons. The summed E-state index contributed by atoms with van der Waals surface area (Å²) < 4.78 is 5.46. The molecule has 1 aromatic heterocycles. The number of hydrogen-bond donors (Lipinski definition) is 1. The highest BCUT2D eigenvalue weighted by Crippen LogP contribution is 2.25. The van der Waals surface area contributed by atoms with Gasteiger partial charge in [0.2, 0.25) is 0 Å². The maximum Gasteiger partial charge on any atom is 0.410 e. The first kappa shape index (κ1) is 18.6. The molecule has 6 nitrogen and oxygen atoms in total. The van der Waals surface area contributed by atoms with Gasteiger partial charge in [-0.05, 0) is 53.4 Å². The molecule has 1 heterocycles. The second-order valence-electron chi connectivity index (χ2n) is 7.62. The van der Waals surface area contributed by atoms with Gasteiger partial charge < -0.3 is 15.0 Å². The minimum absolute atomic E-state index is 0.184. The molecule has 0 saturated heterocycles. The van der Waals surface area contributed by atoms with E-state index < -0.39 is 5.60 Å². The average Bonchev–Trinajstić information content (AvgIpc) is 2.54. The highest BCUT2D eigenvalue weighted by molar-refractivity contribution is 5.68. The Morgan fingerprint density at radius 3 is 2.50 bits per heavy atom. The molecule has 0 bridgehead atoms. The van der Waals surface area contributed by atoms with Gasteiger partial charge in [-0.2, -0.15) is 0 Å². The van der Waals surface area contributed by atoms with Crippen molar-refractivity contribution in [3.8, 4) is 0 Å². The number of nitrogens with one attached hydrogen (secondary N) is 1. The van der Waals surface area contributed by atoms with Crippen LogP contribution < -0.4 is 5.32 Å². The first-order valence-electron chi connectivity index (χ1n) is 8.74. The molecule has 0 aromatic carbocycles. The summed E-state index contributed by atoms with van der Waals surface area (Å²) in [5, 5.41) is 3.62. The molecule has 1 aromatic rings. The van der Waals surface area contributed by atoms with Crippen LogP contribution in [0.5, 0.6) is 0 Å². The highest BCUT2D eigenvalue weighted by Gasteiger charge is 2.29. The zero-order valence-corrected chi connectivity index (χ0v) is 15.5. The predicted octanol–water partition coefficient (Wildman–Crippen LogP) is 3.31. The van der Waals surface area contributed by atoms with E-state index in [4.69, 9.17) is 4.74 Å². The number of amides is 1. The normalized spacial score (nSPS) is 22.7. The fourth-order valence-electron chi connectivity index (χ4n) is 3.09. The Balaban J connectivity index is 1.80. The fourth-order valence-corrected chi connectivity index (χ4v) is 3.09. The van der Waals surface area contributed by atoms with E-state index in [9.17, 15) is 4.79 Å². The Morgan fingerprint density at radius 1 is 1.29 bits per heavy atom. The minimum Gasteiger partial charge on any atom is -0.444 e. The van der Waals surface area contributed by atoms with E-state index in [1.165, 1.54) is 0 Å². The van der Waals surface area contributed by atoms with Gasteiger partial charge in [-0.1, -0.05) is 0 Å². The molecular weight excluding hydrogens is 304 g/mol. The van der Waals surface area contributed by atoms with E-state index in [1.54, 1.807) is 23.5 Å². The summed E-state index contributed by atoms with van der Waals surface area (Å²) in [4.78, 5) is 22.4. The van der Waals surface area contributed by atoms with Gasteiger partial charge >= 0.3 is 6.09 Å². The SMILES string of the molecule is CC(NC1CCC(N(C)C(=O)OC(C)(C)C)CC1)c1cnccn1. The topological polar surface area (TPSA) is 67.4 Å². The van der Waals surface area contributed by atoms with Crippen LogP contribution in [0.25, 0.3) is 0 Å². The lowest BCUT2D eigenvalue weighted by Crippen LogP contribution is -2.45. The summed E-state index contributed by atoms with van der Waals surface area (Å²) in [7, 11) is 1.84. The van der Waals surface area contributed by atoms with Gasteiger partial charge in [-0.15, -0.1) is 0 Å². The minimum atomic E-state index is -0.448. The van der Waals surface area contributed by atoms with Crippen molar-refractivity contribution >= 4 is 6.09 Å². The number of aromatic nitrogens is 2. The second kappa shape index (κ2) is 7.92. The fraction of sp³-hybridized carbons (Fsp3) is 0.722. The van der Waals surface area contributed by atoms with Crippen molar-refractivity contribution in [1.82, 2.24) is 20.2 Å². The largest absolute Gasteiger partial charge is 0.444 e. The van der Waals surface area contributed by atoms with E-state index in [1.807, 2.05) is 27.8 Å². The zero-order chi connectivity index (χ0) is 17.7. The average molecular weight is 334 g/mol. The maximum atomic E-state index is 12.2. The molecule has 134 valence electrons. The lowest BCUT2D eigenvalue weighted by molar-refractivity contribution is 0.0178. The molecule has 1 atom stereocenters. The number of carbonyl (C=O) groups excluding carboxylic acids is 1. The summed E-state index contributed by atoms with van der Waals surface area (Å²) in [6, 6.07) is 0.888. The molecule has 1 unspecified atom stereocenters. The van der Waals surface area contributed by atoms with Crippen LogP contribution >= 0.6 is 0 Å². The third-order valence-corrected chi connectivity index (χ3v) is 4.44. The molecule has 2 rings (SSSR count). The van der Waals surface area contributed by atoms with Gasteiger partial charge in [0.15, 0.2) is 0 Å². The molecule has 1 aliphatic carbocycles. The maximum absolute atomic E-state index is 12.2. The predicted molar refractivity (Wildman–Crippen MR) is 93.6 cm³/mol. The molecule has 1 N–H and O–H groups in total. The van der Waals surface area contributed by atoms with E-state index >= 15 is 0 Å². The monoisotopic (exact) mass is 334 g/mol. The van der Waals surface area contributed by atoms with Crippen molar-refractivity contribution < 1.29 is 9.53 Å². The van der Waals surface area contributed by atoms with E-state index in [2.05, 4.69) is 22.2 Å². The molecule has 0 aliphatic heterocycles. The first-order chi connectivity index (χ1) is 11.3. The summed E-state index contributed by atoms with van der Waals surface area (Å²) >= 11 is 0. The van der Waals surface area contributed by atoms with Crippen LogP contribution in [0.2, 0.25) is 0 Å². The lowest BCUT2D eigenvalue weighted by atomic mass is 9.90. The van der Waals surface area contributed by atoms with Crippen molar-refractivity contribution in [3.05, 3.63) is 24.3 Å². The van der Waals surface area contributed by atoms with Gasteiger partial charge in [-0.3, -0.25) is 9.97 Å². The van der Waals surface area contributed by atoms with Crippen LogP contribution in [0.4, 0.5) is 4.79 Å². The number of hydrogen-bond acceptors (Lipinski definition) is 5. The summed E-state index contributed by atoms with van der Waals surface area (Å²) in [5.41, 5.74) is 0.515. The van der Waals surface area contributed by atoms with Gasteiger partial charge in [0.05, 0.1) is 5.69 Å². The molecule has 1 amide bonds. The van der Waals surface area contributed by atoms with Crippen molar-refractivity contribution in [2.75, 3.05) is 7.05 Å². The molecule has 1 saturated carbocycles. The summed E-state index contributed by atoms with van der Waals surface area (Å²) in [6.07, 6.45) is 9.05. The Hall–Kier alpha value is -1.69. The summed E-state index contributed by atoms with van der Waals surface area (Å²) in [6.45, 7) is 7.80. The van der Waals surface area contributed by atoms with Gasteiger partial charge in [-0.25, -0.2) is 4.79 Å².